The summed E-state index contributed by atoms with van der Waals surface area (Å²) in [5, 5.41) is 0.975. The molecule has 1 amide bonds. The van der Waals surface area contributed by atoms with Crippen molar-refractivity contribution in [2.45, 2.75) is 12.2 Å². The van der Waals surface area contributed by atoms with Crippen molar-refractivity contribution in [3.8, 4) is 0 Å². The van der Waals surface area contributed by atoms with Gasteiger partial charge in [0.2, 0.25) is 0 Å². The van der Waals surface area contributed by atoms with E-state index in [4.69, 9.17) is 32.7 Å². The van der Waals surface area contributed by atoms with Crippen LogP contribution in [0.15, 0.2) is 48.5 Å². The minimum atomic E-state index is -0.617. The topological polar surface area (TPSA) is 38.8 Å². The average Bonchev–Trinajstić information content (AvgIpc) is 2.65. The van der Waals surface area contributed by atoms with Crippen molar-refractivity contribution in [3.63, 3.8) is 0 Å². The van der Waals surface area contributed by atoms with E-state index in [0.29, 0.717) is 29.7 Å². The molecule has 1 heterocycles. The molecule has 2 unspecified atom stereocenters. The van der Waals surface area contributed by atoms with E-state index >= 15 is 0 Å². The monoisotopic (exact) mass is 379 g/mol. The molecule has 2 aromatic rings. The first kappa shape index (κ1) is 18.2. The van der Waals surface area contributed by atoms with E-state index in [1.807, 2.05) is 36.4 Å². The Kier molecular flexibility index (Phi) is 5.97. The van der Waals surface area contributed by atoms with Crippen molar-refractivity contribution in [2.75, 3.05) is 26.8 Å². The second-order valence-electron chi connectivity index (χ2n) is 5.84. The second kappa shape index (κ2) is 8.19. The highest BCUT2D eigenvalue weighted by Gasteiger charge is 2.31. The van der Waals surface area contributed by atoms with Gasteiger partial charge >= 0.3 is 0 Å². The van der Waals surface area contributed by atoms with Crippen LogP contribution in [0.5, 0.6) is 0 Å². The lowest BCUT2D eigenvalue weighted by molar-refractivity contribution is -0.150. The fraction of sp³-hybridized carbons (Fsp3) is 0.316. The normalized spacial score (nSPS) is 18.8. The Balaban J connectivity index is 1.76. The lowest BCUT2D eigenvalue weighted by Gasteiger charge is -2.35. The molecule has 0 spiro atoms. The van der Waals surface area contributed by atoms with Crippen LogP contribution < -0.4 is 0 Å². The van der Waals surface area contributed by atoms with Crippen molar-refractivity contribution >= 4 is 29.1 Å². The number of rotatable bonds is 4. The predicted molar refractivity (Wildman–Crippen MR) is 97.9 cm³/mol. The largest absolute Gasteiger partial charge is 0.370 e. The summed E-state index contributed by atoms with van der Waals surface area (Å²) < 4.78 is 11.3. The molecular formula is C19H19Cl2NO3. The number of carbonyl (C=O) groups is 1. The summed E-state index contributed by atoms with van der Waals surface area (Å²) in [6, 6.07) is 14.9. The van der Waals surface area contributed by atoms with Crippen LogP contribution in [0.1, 0.15) is 23.3 Å². The molecule has 132 valence electrons. The molecule has 6 heteroatoms. The molecule has 4 nitrogen and oxygen atoms in total. The zero-order chi connectivity index (χ0) is 17.8. The maximum Gasteiger partial charge on any atom is 0.256 e. The van der Waals surface area contributed by atoms with E-state index in [1.165, 1.54) is 0 Å². The van der Waals surface area contributed by atoms with Gasteiger partial charge in [0.05, 0.1) is 23.2 Å². The molecule has 0 saturated carbocycles. The van der Waals surface area contributed by atoms with Crippen LogP contribution in [0.4, 0.5) is 0 Å². The van der Waals surface area contributed by atoms with Gasteiger partial charge in [0.15, 0.2) is 6.10 Å². The summed E-state index contributed by atoms with van der Waals surface area (Å²) in [4.78, 5) is 14.7. The fourth-order valence-electron chi connectivity index (χ4n) is 2.94. The number of ether oxygens (including phenoxy) is 2. The molecule has 1 saturated heterocycles. The molecule has 2 aromatic carbocycles. The molecule has 2 atom stereocenters. The van der Waals surface area contributed by atoms with Crippen LogP contribution in [-0.2, 0) is 14.3 Å². The van der Waals surface area contributed by atoms with Crippen LogP contribution >= 0.6 is 23.2 Å². The highest BCUT2D eigenvalue weighted by atomic mass is 35.5. The van der Waals surface area contributed by atoms with Crippen LogP contribution in [0.25, 0.3) is 0 Å². The van der Waals surface area contributed by atoms with Gasteiger partial charge in [-0.15, -0.1) is 0 Å². The SMILES string of the molecule is COC(C(=O)N1CCOC(c2ccc(Cl)c(Cl)c2)C1)c1ccccc1. The highest BCUT2D eigenvalue weighted by molar-refractivity contribution is 6.42. The molecule has 1 aliphatic heterocycles. The molecule has 0 aliphatic carbocycles. The van der Waals surface area contributed by atoms with Gasteiger partial charge in [0.25, 0.3) is 5.91 Å². The number of amides is 1. The third kappa shape index (κ3) is 4.15. The average molecular weight is 380 g/mol. The third-order valence-corrected chi connectivity index (χ3v) is 4.99. The predicted octanol–water partition coefficient (Wildman–Crippen LogP) is 4.28. The minimum Gasteiger partial charge on any atom is -0.370 e. The Labute approximate surface area is 157 Å². The van der Waals surface area contributed by atoms with Crippen molar-refractivity contribution in [1.82, 2.24) is 4.90 Å². The summed E-state index contributed by atoms with van der Waals surface area (Å²) in [5.41, 5.74) is 1.74. The summed E-state index contributed by atoms with van der Waals surface area (Å²) >= 11 is 12.1. The Morgan fingerprint density at radius 2 is 1.96 bits per heavy atom. The molecule has 0 bridgehead atoms. The molecule has 25 heavy (non-hydrogen) atoms. The first-order chi connectivity index (χ1) is 12.1. The number of hydrogen-bond acceptors (Lipinski definition) is 3. The van der Waals surface area contributed by atoms with Gasteiger partial charge < -0.3 is 14.4 Å². The number of carbonyl (C=O) groups excluding carboxylic acids is 1. The maximum atomic E-state index is 12.9. The van der Waals surface area contributed by atoms with Crippen molar-refractivity contribution < 1.29 is 14.3 Å². The van der Waals surface area contributed by atoms with E-state index in [-0.39, 0.29) is 12.0 Å². The van der Waals surface area contributed by atoms with E-state index < -0.39 is 6.10 Å². The van der Waals surface area contributed by atoms with Gasteiger partial charge in [-0.1, -0.05) is 59.6 Å². The Hall–Kier alpha value is -1.59. The minimum absolute atomic E-state index is 0.0675. The van der Waals surface area contributed by atoms with Crippen LogP contribution in [-0.4, -0.2) is 37.6 Å². The summed E-state index contributed by atoms with van der Waals surface area (Å²) in [6.45, 7) is 1.44. The van der Waals surface area contributed by atoms with Crippen LogP contribution in [0.3, 0.4) is 0 Å². The van der Waals surface area contributed by atoms with Gasteiger partial charge in [0, 0.05) is 13.7 Å². The maximum absolute atomic E-state index is 12.9. The molecular weight excluding hydrogens is 361 g/mol. The molecule has 0 radical (unpaired) electrons. The summed E-state index contributed by atoms with van der Waals surface area (Å²) in [6.07, 6.45) is -0.852. The van der Waals surface area contributed by atoms with Crippen LogP contribution in [0, 0.1) is 0 Å². The molecule has 0 aromatic heterocycles. The molecule has 0 N–H and O–H groups in total. The van der Waals surface area contributed by atoms with E-state index in [9.17, 15) is 4.79 Å². The molecule has 1 fully saturated rings. The number of hydrogen-bond donors (Lipinski definition) is 0. The van der Waals surface area contributed by atoms with E-state index in [2.05, 4.69) is 0 Å². The van der Waals surface area contributed by atoms with Gasteiger partial charge in [-0.05, 0) is 23.3 Å². The van der Waals surface area contributed by atoms with E-state index in [0.717, 1.165) is 11.1 Å². The molecule has 1 aliphatic rings. The quantitative estimate of drug-likeness (QED) is 0.795. The van der Waals surface area contributed by atoms with Gasteiger partial charge in [-0.3, -0.25) is 4.79 Å². The lowest BCUT2D eigenvalue weighted by Crippen LogP contribution is -2.44. The lowest BCUT2D eigenvalue weighted by atomic mass is 10.1. The molecule has 3 rings (SSSR count). The summed E-state index contributed by atoms with van der Waals surface area (Å²) in [7, 11) is 1.55. The first-order valence-corrected chi connectivity index (χ1v) is 8.79. The second-order valence-corrected chi connectivity index (χ2v) is 6.66. The first-order valence-electron chi connectivity index (χ1n) is 8.03. The highest BCUT2D eigenvalue weighted by Crippen LogP contribution is 2.30. The van der Waals surface area contributed by atoms with Crippen molar-refractivity contribution in [2.24, 2.45) is 0 Å². The number of morpholine rings is 1. The summed E-state index contributed by atoms with van der Waals surface area (Å²) in [5.74, 6) is -0.0675. The van der Waals surface area contributed by atoms with E-state index in [1.54, 1.807) is 24.1 Å². The zero-order valence-electron chi connectivity index (χ0n) is 13.8. The Morgan fingerprint density at radius 3 is 2.64 bits per heavy atom. The smallest absolute Gasteiger partial charge is 0.256 e. The van der Waals surface area contributed by atoms with Crippen molar-refractivity contribution in [1.29, 1.82) is 0 Å². The third-order valence-electron chi connectivity index (χ3n) is 4.26. The number of methoxy groups -OCH3 is 1. The zero-order valence-corrected chi connectivity index (χ0v) is 15.3. The van der Waals surface area contributed by atoms with Crippen molar-refractivity contribution in [3.05, 3.63) is 69.7 Å². The Morgan fingerprint density at radius 1 is 1.20 bits per heavy atom. The fourth-order valence-corrected chi connectivity index (χ4v) is 3.24. The Bertz CT molecular complexity index is 739. The number of nitrogens with zero attached hydrogens (tertiary/aromatic N) is 1. The number of benzene rings is 2. The number of halogens is 2. The van der Waals surface area contributed by atoms with Gasteiger partial charge in [-0.2, -0.15) is 0 Å². The van der Waals surface area contributed by atoms with Gasteiger partial charge in [-0.25, -0.2) is 0 Å². The van der Waals surface area contributed by atoms with Crippen LogP contribution in [0.2, 0.25) is 10.0 Å². The standard InChI is InChI=1S/C19H19Cl2NO3/c1-24-18(13-5-3-2-4-6-13)19(23)22-9-10-25-17(12-22)14-7-8-15(20)16(21)11-14/h2-8,11,17-18H,9-10,12H2,1H3. The van der Waals surface area contributed by atoms with Gasteiger partial charge in [0.1, 0.15) is 6.10 Å².